The predicted molar refractivity (Wildman–Crippen MR) is 105 cm³/mol. The SMILES string of the molecule is CC=Cn1c(C)nc2c3c(ccc21)C(=O)[C@H](OC(C)=O)[C@@H](c1ccccc1)O3. The molecule has 0 amide bonds. The number of ketones is 1. The maximum Gasteiger partial charge on any atom is 0.303 e. The van der Waals surface area contributed by atoms with Crippen LogP contribution in [0.15, 0.2) is 48.5 Å². The van der Waals surface area contributed by atoms with Gasteiger partial charge in [-0.15, -0.1) is 0 Å². The topological polar surface area (TPSA) is 70.4 Å². The number of hydrogen-bond donors (Lipinski definition) is 0. The van der Waals surface area contributed by atoms with E-state index in [1.807, 2.05) is 67.1 Å². The highest BCUT2D eigenvalue weighted by molar-refractivity contribution is 6.08. The first-order chi connectivity index (χ1) is 13.5. The molecule has 0 saturated carbocycles. The van der Waals surface area contributed by atoms with Crippen LogP contribution in [0, 0.1) is 6.92 Å². The van der Waals surface area contributed by atoms with Crippen molar-refractivity contribution >= 4 is 29.0 Å². The number of aromatic nitrogens is 2. The van der Waals surface area contributed by atoms with Crippen molar-refractivity contribution < 1.29 is 19.1 Å². The summed E-state index contributed by atoms with van der Waals surface area (Å²) in [5.74, 6) is 0.396. The molecule has 0 unspecified atom stereocenters. The first-order valence-electron chi connectivity index (χ1n) is 9.08. The minimum absolute atomic E-state index is 0.287. The number of Topliss-reactive ketones (excluding diaryl/α,β-unsaturated/α-hetero) is 1. The highest BCUT2D eigenvalue weighted by Gasteiger charge is 2.42. The van der Waals surface area contributed by atoms with Crippen LogP contribution in [0.25, 0.3) is 17.2 Å². The molecule has 3 aromatic rings. The number of allylic oxidation sites excluding steroid dienone is 1. The van der Waals surface area contributed by atoms with Crippen LogP contribution in [-0.2, 0) is 9.53 Å². The molecular weight excluding hydrogens is 356 g/mol. The molecule has 2 heterocycles. The molecule has 0 N–H and O–H groups in total. The fourth-order valence-corrected chi connectivity index (χ4v) is 3.56. The van der Waals surface area contributed by atoms with Crippen molar-refractivity contribution in [3.05, 3.63) is 65.5 Å². The van der Waals surface area contributed by atoms with Crippen molar-refractivity contribution in [2.24, 2.45) is 0 Å². The summed E-state index contributed by atoms with van der Waals surface area (Å²) in [6.45, 7) is 5.11. The van der Waals surface area contributed by atoms with E-state index >= 15 is 0 Å². The summed E-state index contributed by atoms with van der Waals surface area (Å²) in [5, 5.41) is 0. The Kier molecular flexibility index (Phi) is 4.47. The van der Waals surface area contributed by atoms with Crippen LogP contribution in [0.4, 0.5) is 0 Å². The first-order valence-corrected chi connectivity index (χ1v) is 9.08. The zero-order valence-corrected chi connectivity index (χ0v) is 15.9. The fraction of sp³-hybridized carbons (Fsp3) is 0.227. The molecule has 6 nitrogen and oxygen atoms in total. The molecular formula is C22H20N2O4. The molecule has 2 aromatic carbocycles. The maximum atomic E-state index is 13.2. The molecule has 0 saturated heterocycles. The van der Waals surface area contributed by atoms with Crippen molar-refractivity contribution in [1.29, 1.82) is 0 Å². The number of hydrogen-bond acceptors (Lipinski definition) is 5. The van der Waals surface area contributed by atoms with E-state index in [-0.39, 0.29) is 5.78 Å². The molecule has 4 rings (SSSR count). The van der Waals surface area contributed by atoms with Gasteiger partial charge >= 0.3 is 5.97 Å². The summed E-state index contributed by atoms with van der Waals surface area (Å²) in [7, 11) is 0. The van der Waals surface area contributed by atoms with Gasteiger partial charge in [-0.25, -0.2) is 4.98 Å². The van der Waals surface area contributed by atoms with Crippen LogP contribution < -0.4 is 4.74 Å². The third-order valence-corrected chi connectivity index (χ3v) is 4.75. The second-order valence-electron chi connectivity index (χ2n) is 6.66. The summed E-state index contributed by atoms with van der Waals surface area (Å²) < 4.78 is 13.6. The van der Waals surface area contributed by atoms with Gasteiger partial charge in [-0.1, -0.05) is 36.4 Å². The number of rotatable bonds is 3. The van der Waals surface area contributed by atoms with E-state index in [0.717, 1.165) is 16.9 Å². The lowest BCUT2D eigenvalue weighted by Crippen LogP contribution is -2.39. The largest absolute Gasteiger partial charge is 0.478 e. The summed E-state index contributed by atoms with van der Waals surface area (Å²) in [6.07, 6.45) is 2.06. The van der Waals surface area contributed by atoms with Gasteiger partial charge in [0, 0.05) is 13.1 Å². The lowest BCUT2D eigenvalue weighted by Gasteiger charge is -2.32. The smallest absolute Gasteiger partial charge is 0.303 e. The van der Waals surface area contributed by atoms with E-state index in [9.17, 15) is 9.59 Å². The van der Waals surface area contributed by atoms with Gasteiger partial charge in [0.1, 0.15) is 11.3 Å². The number of imidazole rings is 1. The number of esters is 1. The van der Waals surface area contributed by atoms with Crippen LogP contribution in [0.2, 0.25) is 0 Å². The normalized spacial score (nSPS) is 18.9. The molecule has 2 atom stereocenters. The Morgan fingerprint density at radius 2 is 1.96 bits per heavy atom. The Bertz CT molecular complexity index is 1100. The molecule has 6 heteroatoms. The average Bonchev–Trinajstić information content (AvgIpc) is 3.00. The van der Waals surface area contributed by atoms with Crippen LogP contribution in [0.3, 0.4) is 0 Å². The molecule has 0 radical (unpaired) electrons. The minimum Gasteiger partial charge on any atom is -0.478 e. The maximum absolute atomic E-state index is 13.2. The molecule has 1 aliphatic heterocycles. The number of ether oxygens (including phenoxy) is 2. The van der Waals surface area contributed by atoms with Gasteiger partial charge in [-0.3, -0.25) is 9.59 Å². The van der Waals surface area contributed by atoms with Crippen molar-refractivity contribution in [2.45, 2.75) is 33.0 Å². The number of fused-ring (bicyclic) bond motifs is 3. The molecule has 28 heavy (non-hydrogen) atoms. The summed E-state index contributed by atoms with van der Waals surface area (Å²) in [5.41, 5.74) is 2.59. The highest BCUT2D eigenvalue weighted by Crippen LogP contribution is 2.41. The summed E-state index contributed by atoms with van der Waals surface area (Å²) in [6, 6.07) is 12.8. The van der Waals surface area contributed by atoms with E-state index in [1.165, 1.54) is 6.92 Å². The lowest BCUT2D eigenvalue weighted by molar-refractivity contribution is -0.148. The number of carbonyl (C=O) groups is 2. The Morgan fingerprint density at radius 1 is 1.21 bits per heavy atom. The molecule has 0 spiro atoms. The van der Waals surface area contributed by atoms with E-state index in [4.69, 9.17) is 9.47 Å². The molecule has 0 bridgehead atoms. The zero-order chi connectivity index (χ0) is 19.8. The van der Waals surface area contributed by atoms with Gasteiger partial charge in [0.25, 0.3) is 0 Å². The molecule has 142 valence electrons. The average molecular weight is 376 g/mol. The minimum atomic E-state index is -1.04. The Morgan fingerprint density at radius 3 is 2.64 bits per heavy atom. The Labute approximate surface area is 162 Å². The third-order valence-electron chi connectivity index (χ3n) is 4.75. The lowest BCUT2D eigenvalue weighted by atomic mass is 9.93. The number of aryl methyl sites for hydroxylation is 1. The third kappa shape index (κ3) is 2.87. The zero-order valence-electron chi connectivity index (χ0n) is 15.9. The van der Waals surface area contributed by atoms with Gasteiger partial charge in [0.2, 0.25) is 11.9 Å². The van der Waals surface area contributed by atoms with Gasteiger partial charge in [-0.2, -0.15) is 0 Å². The van der Waals surface area contributed by atoms with Crippen LogP contribution in [0.1, 0.15) is 41.7 Å². The number of carbonyl (C=O) groups excluding carboxylic acids is 2. The van der Waals surface area contributed by atoms with Gasteiger partial charge in [-0.05, 0) is 31.5 Å². The Hall–Kier alpha value is -3.41. The number of nitrogens with zero attached hydrogens (tertiary/aromatic N) is 2. The van der Waals surface area contributed by atoms with Crippen LogP contribution in [-0.4, -0.2) is 27.4 Å². The van der Waals surface area contributed by atoms with Crippen molar-refractivity contribution in [1.82, 2.24) is 9.55 Å². The summed E-state index contributed by atoms with van der Waals surface area (Å²) in [4.78, 5) is 29.4. The molecule has 1 aromatic heterocycles. The second kappa shape index (κ2) is 6.96. The summed E-state index contributed by atoms with van der Waals surface area (Å²) >= 11 is 0. The van der Waals surface area contributed by atoms with E-state index in [2.05, 4.69) is 4.98 Å². The van der Waals surface area contributed by atoms with E-state index < -0.39 is 18.2 Å². The monoisotopic (exact) mass is 376 g/mol. The van der Waals surface area contributed by atoms with Crippen molar-refractivity contribution in [3.8, 4) is 5.75 Å². The van der Waals surface area contributed by atoms with E-state index in [0.29, 0.717) is 16.8 Å². The second-order valence-corrected chi connectivity index (χ2v) is 6.66. The standard InChI is InChI=1S/C22H20N2O4/c1-4-12-24-13(2)23-18-17(24)11-10-16-19(26)22(27-14(3)25)20(28-21(16)18)15-8-6-5-7-9-15/h4-12,20,22H,1-3H3/t20-,22+/m1/s1. The Balaban J connectivity index is 1.91. The van der Waals surface area contributed by atoms with Gasteiger partial charge in [0.15, 0.2) is 11.9 Å². The van der Waals surface area contributed by atoms with Crippen molar-refractivity contribution in [2.75, 3.05) is 0 Å². The van der Waals surface area contributed by atoms with Crippen LogP contribution >= 0.6 is 0 Å². The quantitative estimate of drug-likeness (QED) is 0.644. The number of benzene rings is 2. The molecule has 0 aliphatic carbocycles. The van der Waals surface area contributed by atoms with Gasteiger partial charge < -0.3 is 14.0 Å². The molecule has 0 fully saturated rings. The first kappa shape index (κ1) is 18.0. The van der Waals surface area contributed by atoms with Crippen molar-refractivity contribution in [3.63, 3.8) is 0 Å². The highest BCUT2D eigenvalue weighted by atomic mass is 16.6. The van der Waals surface area contributed by atoms with Crippen LogP contribution in [0.5, 0.6) is 5.75 Å². The molecule has 1 aliphatic rings. The van der Waals surface area contributed by atoms with E-state index in [1.54, 1.807) is 6.07 Å². The predicted octanol–water partition coefficient (Wildman–Crippen LogP) is 4.08. The fourth-order valence-electron chi connectivity index (χ4n) is 3.56. The van der Waals surface area contributed by atoms with Gasteiger partial charge in [0.05, 0.1) is 11.1 Å².